The number of aliphatic hydroxyl groups excluding tert-OH is 1. The Bertz CT molecular complexity index is 336. The second-order valence-electron chi connectivity index (χ2n) is 4.14. The summed E-state index contributed by atoms with van der Waals surface area (Å²) >= 11 is 0. The average molecular weight is 242 g/mol. The lowest BCUT2D eigenvalue weighted by molar-refractivity contribution is 0.0820. The average Bonchev–Trinajstić information content (AvgIpc) is 2.72. The van der Waals surface area contributed by atoms with Crippen LogP contribution < -0.4 is 4.74 Å². The van der Waals surface area contributed by atoms with Crippen molar-refractivity contribution in [1.29, 1.82) is 0 Å². The standard InChI is InChI=1S/C12H22N2O3/c1-5-17-7-6-10(15)12-11(16-4)8-13-14(12)9(2)3/h8-10,15H,5-7H2,1-4H3. The molecule has 1 aromatic rings. The van der Waals surface area contributed by atoms with E-state index in [0.29, 0.717) is 25.4 Å². The van der Waals surface area contributed by atoms with Crippen molar-refractivity contribution in [2.45, 2.75) is 39.3 Å². The Morgan fingerprint density at radius 2 is 2.18 bits per heavy atom. The Balaban J connectivity index is 2.81. The fourth-order valence-corrected chi connectivity index (χ4v) is 1.72. The smallest absolute Gasteiger partial charge is 0.162 e. The molecule has 1 aromatic heterocycles. The van der Waals surface area contributed by atoms with Crippen LogP contribution in [-0.2, 0) is 4.74 Å². The molecule has 0 amide bonds. The number of ether oxygens (including phenoxy) is 2. The van der Waals surface area contributed by atoms with Crippen LogP contribution >= 0.6 is 0 Å². The van der Waals surface area contributed by atoms with Crippen molar-refractivity contribution in [2.24, 2.45) is 0 Å². The van der Waals surface area contributed by atoms with E-state index in [4.69, 9.17) is 9.47 Å². The van der Waals surface area contributed by atoms with Gasteiger partial charge in [-0.25, -0.2) is 0 Å². The predicted molar refractivity (Wildman–Crippen MR) is 65.2 cm³/mol. The van der Waals surface area contributed by atoms with Crippen molar-refractivity contribution in [3.63, 3.8) is 0 Å². The summed E-state index contributed by atoms with van der Waals surface area (Å²) in [6, 6.07) is 0.190. The molecule has 0 aliphatic heterocycles. The van der Waals surface area contributed by atoms with Gasteiger partial charge in [0.05, 0.1) is 13.3 Å². The third kappa shape index (κ3) is 3.44. The third-order valence-corrected chi connectivity index (χ3v) is 2.56. The number of methoxy groups -OCH3 is 1. The Hall–Kier alpha value is -1.07. The van der Waals surface area contributed by atoms with Gasteiger partial charge in [-0.3, -0.25) is 4.68 Å². The van der Waals surface area contributed by atoms with E-state index in [9.17, 15) is 5.11 Å². The monoisotopic (exact) mass is 242 g/mol. The molecule has 98 valence electrons. The highest BCUT2D eigenvalue weighted by atomic mass is 16.5. The first-order valence-electron chi connectivity index (χ1n) is 5.99. The number of hydrogen-bond acceptors (Lipinski definition) is 4. The molecule has 0 radical (unpaired) electrons. The van der Waals surface area contributed by atoms with Gasteiger partial charge in [-0.15, -0.1) is 0 Å². The van der Waals surface area contributed by atoms with E-state index in [1.54, 1.807) is 18.0 Å². The van der Waals surface area contributed by atoms with Crippen molar-refractivity contribution in [1.82, 2.24) is 9.78 Å². The van der Waals surface area contributed by atoms with Crippen molar-refractivity contribution in [3.8, 4) is 5.75 Å². The molecule has 5 heteroatoms. The van der Waals surface area contributed by atoms with Gasteiger partial charge in [0.15, 0.2) is 5.75 Å². The highest BCUT2D eigenvalue weighted by molar-refractivity contribution is 5.27. The maximum Gasteiger partial charge on any atom is 0.162 e. The van der Waals surface area contributed by atoms with E-state index in [1.807, 2.05) is 20.8 Å². The van der Waals surface area contributed by atoms with E-state index in [-0.39, 0.29) is 6.04 Å². The molecular weight excluding hydrogens is 220 g/mol. The van der Waals surface area contributed by atoms with E-state index in [0.717, 1.165) is 5.69 Å². The molecule has 1 unspecified atom stereocenters. The lowest BCUT2D eigenvalue weighted by atomic mass is 10.1. The SMILES string of the molecule is CCOCCC(O)c1c(OC)cnn1C(C)C. The lowest BCUT2D eigenvalue weighted by Crippen LogP contribution is -2.13. The molecule has 1 atom stereocenters. The van der Waals surface area contributed by atoms with Gasteiger partial charge in [-0.1, -0.05) is 0 Å². The van der Waals surface area contributed by atoms with Crippen LogP contribution in [-0.4, -0.2) is 35.2 Å². The van der Waals surface area contributed by atoms with Gasteiger partial charge in [0.1, 0.15) is 11.8 Å². The van der Waals surface area contributed by atoms with Crippen LogP contribution in [0.5, 0.6) is 5.75 Å². The van der Waals surface area contributed by atoms with Crippen molar-refractivity contribution >= 4 is 0 Å². The summed E-state index contributed by atoms with van der Waals surface area (Å²) in [5.74, 6) is 0.627. The van der Waals surface area contributed by atoms with Gasteiger partial charge in [0, 0.05) is 25.7 Å². The first-order valence-corrected chi connectivity index (χ1v) is 5.99. The van der Waals surface area contributed by atoms with E-state index in [2.05, 4.69) is 5.10 Å². The zero-order chi connectivity index (χ0) is 12.8. The maximum atomic E-state index is 10.2. The van der Waals surface area contributed by atoms with Crippen LogP contribution in [0.4, 0.5) is 0 Å². The minimum atomic E-state index is -0.610. The predicted octanol–water partition coefficient (Wildman–Crippen LogP) is 1.93. The molecule has 1 N–H and O–H groups in total. The Morgan fingerprint density at radius 1 is 1.47 bits per heavy atom. The van der Waals surface area contributed by atoms with E-state index < -0.39 is 6.10 Å². The molecule has 0 aliphatic rings. The van der Waals surface area contributed by atoms with Crippen LogP contribution in [0.2, 0.25) is 0 Å². The first kappa shape index (κ1) is 14.0. The van der Waals surface area contributed by atoms with Crippen molar-refractivity contribution in [3.05, 3.63) is 11.9 Å². The molecule has 5 nitrogen and oxygen atoms in total. The van der Waals surface area contributed by atoms with Crippen LogP contribution in [0.15, 0.2) is 6.20 Å². The molecule has 0 saturated carbocycles. The topological polar surface area (TPSA) is 56.5 Å². The Labute approximate surface area is 102 Å². The molecule has 0 saturated heterocycles. The second kappa shape index (κ2) is 6.61. The Morgan fingerprint density at radius 3 is 2.71 bits per heavy atom. The zero-order valence-corrected chi connectivity index (χ0v) is 11.0. The van der Waals surface area contributed by atoms with Crippen molar-refractivity contribution in [2.75, 3.05) is 20.3 Å². The molecule has 0 fully saturated rings. The van der Waals surface area contributed by atoms with Crippen LogP contribution in [0.25, 0.3) is 0 Å². The van der Waals surface area contributed by atoms with Gasteiger partial charge in [-0.2, -0.15) is 5.10 Å². The number of hydrogen-bond donors (Lipinski definition) is 1. The minimum Gasteiger partial charge on any atom is -0.493 e. The number of nitrogens with zero attached hydrogens (tertiary/aromatic N) is 2. The molecule has 0 spiro atoms. The van der Waals surface area contributed by atoms with Crippen LogP contribution in [0, 0.1) is 0 Å². The first-order chi connectivity index (χ1) is 8.11. The molecular formula is C12H22N2O3. The quantitative estimate of drug-likeness (QED) is 0.742. The van der Waals surface area contributed by atoms with E-state index >= 15 is 0 Å². The van der Waals surface area contributed by atoms with Crippen LogP contribution in [0.3, 0.4) is 0 Å². The third-order valence-electron chi connectivity index (χ3n) is 2.56. The fourth-order valence-electron chi connectivity index (χ4n) is 1.72. The van der Waals surface area contributed by atoms with Crippen LogP contribution in [0.1, 0.15) is 45.0 Å². The number of rotatable bonds is 7. The number of aliphatic hydroxyl groups is 1. The van der Waals surface area contributed by atoms with Crippen molar-refractivity contribution < 1.29 is 14.6 Å². The van der Waals surface area contributed by atoms with E-state index in [1.165, 1.54) is 0 Å². The number of aromatic nitrogens is 2. The van der Waals surface area contributed by atoms with Gasteiger partial charge >= 0.3 is 0 Å². The Kier molecular flexibility index (Phi) is 5.44. The summed E-state index contributed by atoms with van der Waals surface area (Å²) in [6.07, 6.45) is 1.57. The summed E-state index contributed by atoms with van der Waals surface area (Å²) < 4.78 is 12.3. The largest absolute Gasteiger partial charge is 0.493 e. The second-order valence-corrected chi connectivity index (χ2v) is 4.14. The summed E-state index contributed by atoms with van der Waals surface area (Å²) in [6.45, 7) is 7.17. The molecule has 1 heterocycles. The normalized spacial score (nSPS) is 13.1. The molecule has 1 rings (SSSR count). The maximum absolute atomic E-state index is 10.2. The summed E-state index contributed by atoms with van der Waals surface area (Å²) in [5, 5.41) is 14.4. The molecule has 0 bridgehead atoms. The molecule has 0 aliphatic carbocycles. The van der Waals surface area contributed by atoms with Gasteiger partial charge < -0.3 is 14.6 Å². The van der Waals surface area contributed by atoms with Gasteiger partial charge in [0.25, 0.3) is 0 Å². The minimum absolute atomic E-state index is 0.190. The van der Waals surface area contributed by atoms with Gasteiger partial charge in [-0.05, 0) is 20.8 Å². The lowest BCUT2D eigenvalue weighted by Gasteiger charge is -2.17. The molecule has 17 heavy (non-hydrogen) atoms. The van der Waals surface area contributed by atoms with Gasteiger partial charge in [0.2, 0.25) is 0 Å². The highest BCUT2D eigenvalue weighted by Crippen LogP contribution is 2.29. The summed E-state index contributed by atoms with van der Waals surface area (Å²) in [4.78, 5) is 0. The zero-order valence-electron chi connectivity index (χ0n) is 11.0. The fraction of sp³-hybridized carbons (Fsp3) is 0.750. The summed E-state index contributed by atoms with van der Waals surface area (Å²) in [7, 11) is 1.58. The summed E-state index contributed by atoms with van der Waals surface area (Å²) in [5.41, 5.74) is 0.724. The highest BCUT2D eigenvalue weighted by Gasteiger charge is 2.21. The molecule has 0 aromatic carbocycles.